The average molecular weight is 670 g/mol. The van der Waals surface area contributed by atoms with Crippen LogP contribution in [0.3, 0.4) is 0 Å². The number of aliphatic hydroxyl groups is 1. The molecule has 1 fully saturated rings. The van der Waals surface area contributed by atoms with Gasteiger partial charge in [0, 0.05) is 32.0 Å². The van der Waals surface area contributed by atoms with Gasteiger partial charge in [-0.1, -0.05) is 65.1 Å². The van der Waals surface area contributed by atoms with Gasteiger partial charge in [-0.3, -0.25) is 9.69 Å². The Hall–Kier alpha value is -2.69. The molecular weight excluding hydrogens is 631 g/mol. The first kappa shape index (κ1) is 34.2. The number of benzene rings is 2. The largest absolute Gasteiger partial charge is 0.496 e. The van der Waals surface area contributed by atoms with Crippen molar-refractivity contribution in [2.24, 2.45) is 0 Å². The van der Waals surface area contributed by atoms with Gasteiger partial charge in [0.1, 0.15) is 11.5 Å². The van der Waals surface area contributed by atoms with Crippen LogP contribution in [0.15, 0.2) is 54.1 Å². The Balaban J connectivity index is 1.42. The molecule has 9 nitrogen and oxygen atoms in total. The SMILES string of the molecule is COc1ccccc1COCCCOc1ccc(C2=C(CO)C3CN(C(C)=O)CC(C2)N3C(=O)OC(C)(C)C(Cl)(Cl)Cl)cc1. The summed E-state index contributed by atoms with van der Waals surface area (Å²) in [6.45, 7) is 6.26. The van der Waals surface area contributed by atoms with E-state index in [0.717, 1.165) is 22.4 Å². The van der Waals surface area contributed by atoms with E-state index in [0.29, 0.717) is 50.5 Å². The number of carbonyl (C=O) groups excluding carboxylic acids is 2. The Morgan fingerprint density at radius 1 is 1.02 bits per heavy atom. The Kier molecular flexibility index (Phi) is 11.3. The van der Waals surface area contributed by atoms with Crippen LogP contribution < -0.4 is 9.47 Å². The third-order valence-electron chi connectivity index (χ3n) is 7.99. The number of hydrogen-bond acceptors (Lipinski definition) is 7. The lowest BCUT2D eigenvalue weighted by Gasteiger charge is -2.51. The lowest BCUT2D eigenvalue weighted by Crippen LogP contribution is -2.65. The highest BCUT2D eigenvalue weighted by Crippen LogP contribution is 2.43. The number of hydrogen-bond donors (Lipinski definition) is 1. The number of ether oxygens (including phenoxy) is 4. The Morgan fingerprint density at radius 3 is 2.36 bits per heavy atom. The van der Waals surface area contributed by atoms with Crippen molar-refractivity contribution in [3.63, 3.8) is 0 Å². The van der Waals surface area contributed by atoms with Crippen molar-refractivity contribution >= 4 is 52.4 Å². The fourth-order valence-electron chi connectivity index (χ4n) is 5.45. The van der Waals surface area contributed by atoms with Crippen LogP contribution in [0.2, 0.25) is 0 Å². The molecule has 12 heteroatoms. The first-order chi connectivity index (χ1) is 20.9. The first-order valence-electron chi connectivity index (χ1n) is 14.5. The van der Waals surface area contributed by atoms with Gasteiger partial charge in [0.15, 0.2) is 5.60 Å². The summed E-state index contributed by atoms with van der Waals surface area (Å²) in [6, 6.07) is 14.4. The molecule has 1 saturated heterocycles. The number of nitrogens with zero attached hydrogens (tertiary/aromatic N) is 2. The molecule has 0 aromatic heterocycles. The summed E-state index contributed by atoms with van der Waals surface area (Å²) in [7, 11) is 1.64. The van der Waals surface area contributed by atoms with Crippen LogP contribution in [-0.2, 0) is 20.9 Å². The minimum atomic E-state index is -1.85. The molecule has 44 heavy (non-hydrogen) atoms. The summed E-state index contributed by atoms with van der Waals surface area (Å²) in [5.74, 6) is 1.40. The van der Waals surface area contributed by atoms with Gasteiger partial charge in [-0.05, 0) is 55.2 Å². The maximum atomic E-state index is 13.5. The second kappa shape index (κ2) is 14.6. The van der Waals surface area contributed by atoms with Gasteiger partial charge in [-0.15, -0.1) is 0 Å². The molecular formula is C32H39Cl3N2O7. The highest BCUT2D eigenvalue weighted by atomic mass is 35.6. The Labute approximate surface area is 273 Å². The molecule has 2 aromatic rings. The molecule has 2 atom stereocenters. The van der Waals surface area contributed by atoms with E-state index < -0.39 is 27.6 Å². The molecule has 1 N–H and O–H groups in total. The summed E-state index contributed by atoms with van der Waals surface area (Å²) in [6.07, 6.45) is 0.455. The van der Waals surface area contributed by atoms with Gasteiger partial charge in [0.25, 0.3) is 0 Å². The number of alkyl halides is 3. The van der Waals surface area contributed by atoms with E-state index in [1.807, 2.05) is 48.5 Å². The molecule has 0 saturated carbocycles. The van der Waals surface area contributed by atoms with Gasteiger partial charge >= 0.3 is 6.09 Å². The van der Waals surface area contributed by atoms with Crippen molar-refractivity contribution in [3.05, 3.63) is 65.2 Å². The summed E-state index contributed by atoms with van der Waals surface area (Å²) in [4.78, 5) is 29.0. The van der Waals surface area contributed by atoms with E-state index in [4.69, 9.17) is 53.8 Å². The van der Waals surface area contributed by atoms with E-state index in [1.165, 1.54) is 20.8 Å². The van der Waals surface area contributed by atoms with Crippen molar-refractivity contribution in [1.29, 1.82) is 0 Å². The van der Waals surface area contributed by atoms with Crippen LogP contribution in [-0.4, -0.2) is 88.4 Å². The Morgan fingerprint density at radius 2 is 1.73 bits per heavy atom. The minimum absolute atomic E-state index is 0.109. The molecule has 2 amide bonds. The van der Waals surface area contributed by atoms with Gasteiger partial charge in [0.05, 0.1) is 45.6 Å². The summed E-state index contributed by atoms with van der Waals surface area (Å²) in [5, 5.41) is 10.5. The van der Waals surface area contributed by atoms with Crippen LogP contribution in [0, 0.1) is 0 Å². The second-order valence-electron chi connectivity index (χ2n) is 11.3. The number of carbonyl (C=O) groups is 2. The molecule has 240 valence electrons. The van der Waals surface area contributed by atoms with Crippen molar-refractivity contribution in [2.45, 2.75) is 61.7 Å². The molecule has 2 aliphatic heterocycles. The van der Waals surface area contributed by atoms with Crippen molar-refractivity contribution < 1.29 is 33.6 Å². The fraction of sp³-hybridized carbons (Fsp3) is 0.500. The number of fused-ring (bicyclic) bond motifs is 2. The number of piperazine rings is 1. The summed E-state index contributed by atoms with van der Waals surface area (Å²) >= 11 is 18.2. The zero-order chi connectivity index (χ0) is 32.1. The van der Waals surface area contributed by atoms with Gasteiger partial charge in [-0.25, -0.2) is 4.79 Å². The van der Waals surface area contributed by atoms with Crippen LogP contribution in [0.4, 0.5) is 4.79 Å². The number of halogens is 3. The third kappa shape index (κ3) is 7.93. The molecule has 2 heterocycles. The number of methoxy groups -OCH3 is 1. The molecule has 2 aromatic carbocycles. The van der Waals surface area contributed by atoms with E-state index in [-0.39, 0.29) is 19.1 Å². The summed E-state index contributed by atoms with van der Waals surface area (Å²) in [5.41, 5.74) is 2.05. The zero-order valence-electron chi connectivity index (χ0n) is 25.4. The van der Waals surface area contributed by atoms with Crippen molar-refractivity contribution in [2.75, 3.05) is 40.0 Å². The molecule has 0 aliphatic carbocycles. The van der Waals surface area contributed by atoms with E-state index >= 15 is 0 Å². The maximum Gasteiger partial charge on any atom is 0.411 e. The topological polar surface area (TPSA) is 97.8 Å². The first-order valence-corrected chi connectivity index (χ1v) is 15.6. The van der Waals surface area contributed by atoms with E-state index in [1.54, 1.807) is 16.9 Å². The summed E-state index contributed by atoms with van der Waals surface area (Å²) < 4.78 is 20.9. The smallest absolute Gasteiger partial charge is 0.411 e. The van der Waals surface area contributed by atoms with Gasteiger partial charge in [-0.2, -0.15) is 0 Å². The number of aliphatic hydroxyl groups excluding tert-OH is 1. The standard InChI is InChI=1S/C32H39Cl3N2O7/c1-21(39)36-17-24-16-26(27(19-38)28(18-36)37(24)30(40)44-31(2,3)32(33,34)35)22-10-12-25(13-11-22)43-15-7-14-42-20-23-8-5-6-9-29(23)41-4/h5-6,8-13,24,28,38H,7,14-20H2,1-4H3. The normalized spacial score (nSPS) is 18.7. The predicted octanol–water partition coefficient (Wildman–Crippen LogP) is 6.02. The molecule has 0 radical (unpaired) electrons. The minimum Gasteiger partial charge on any atom is -0.496 e. The third-order valence-corrected chi connectivity index (χ3v) is 9.35. The van der Waals surface area contributed by atoms with Gasteiger partial charge < -0.3 is 29.0 Å². The quantitative estimate of drug-likeness (QED) is 0.231. The van der Waals surface area contributed by atoms with Gasteiger partial charge in [0.2, 0.25) is 9.70 Å². The molecule has 2 bridgehead atoms. The number of para-hydroxylation sites is 1. The Bertz CT molecular complexity index is 1340. The van der Waals surface area contributed by atoms with Crippen LogP contribution in [0.1, 0.15) is 44.7 Å². The van der Waals surface area contributed by atoms with Crippen molar-refractivity contribution in [3.8, 4) is 11.5 Å². The number of amides is 2. The highest BCUT2D eigenvalue weighted by molar-refractivity contribution is 6.68. The maximum absolute atomic E-state index is 13.5. The molecule has 4 rings (SSSR count). The monoisotopic (exact) mass is 668 g/mol. The molecule has 2 aliphatic rings. The zero-order valence-corrected chi connectivity index (χ0v) is 27.6. The lowest BCUT2D eigenvalue weighted by atomic mass is 9.82. The van der Waals surface area contributed by atoms with Crippen LogP contribution in [0.5, 0.6) is 11.5 Å². The van der Waals surface area contributed by atoms with E-state index in [9.17, 15) is 14.7 Å². The van der Waals surface area contributed by atoms with Crippen LogP contribution >= 0.6 is 34.8 Å². The average Bonchev–Trinajstić information content (AvgIpc) is 2.97. The highest BCUT2D eigenvalue weighted by Gasteiger charge is 2.49. The lowest BCUT2D eigenvalue weighted by molar-refractivity contribution is -0.133. The number of rotatable bonds is 11. The molecule has 0 spiro atoms. The second-order valence-corrected chi connectivity index (χ2v) is 13.6. The van der Waals surface area contributed by atoms with E-state index in [2.05, 4.69) is 0 Å². The van der Waals surface area contributed by atoms with Crippen LogP contribution in [0.25, 0.3) is 5.57 Å². The molecule has 2 unspecified atom stereocenters. The predicted molar refractivity (Wildman–Crippen MR) is 170 cm³/mol. The van der Waals surface area contributed by atoms with Crippen molar-refractivity contribution in [1.82, 2.24) is 9.80 Å². The fourth-order valence-corrected chi connectivity index (χ4v) is 5.57.